The third-order valence-electron chi connectivity index (χ3n) is 2.89. The van der Waals surface area contributed by atoms with Gasteiger partial charge in [0.1, 0.15) is 5.75 Å². The molecule has 0 amide bonds. The van der Waals surface area contributed by atoms with E-state index in [1.807, 2.05) is 24.3 Å². The van der Waals surface area contributed by atoms with Gasteiger partial charge in [-0.25, -0.2) is 0 Å². The van der Waals surface area contributed by atoms with Gasteiger partial charge in [-0.05, 0) is 30.7 Å². The molecule has 0 aliphatic heterocycles. The summed E-state index contributed by atoms with van der Waals surface area (Å²) >= 11 is 0. The van der Waals surface area contributed by atoms with Crippen molar-refractivity contribution in [2.45, 2.75) is 19.8 Å². The molecule has 0 aromatic heterocycles. The van der Waals surface area contributed by atoms with E-state index in [0.29, 0.717) is 32.3 Å². The second-order valence-electron chi connectivity index (χ2n) is 4.70. The maximum Gasteiger partial charge on any atom is 0.193 e. The molecular formula is C16H27N3O3. The van der Waals surface area contributed by atoms with Crippen molar-refractivity contribution in [2.75, 3.05) is 45.4 Å². The number of guanidine groups is 1. The molecule has 0 unspecified atom stereocenters. The molecule has 124 valence electrons. The van der Waals surface area contributed by atoms with Crippen LogP contribution in [-0.4, -0.2) is 46.0 Å². The minimum Gasteiger partial charge on any atom is -0.497 e. The molecule has 1 rings (SSSR count). The number of ether oxygens (including phenoxy) is 3. The summed E-state index contributed by atoms with van der Waals surface area (Å²) < 4.78 is 15.9. The highest BCUT2D eigenvalue weighted by molar-refractivity contribution is 5.92. The standard InChI is InChI=1S/C16H27N3O3/c1-3-4-10-21-12-13-22-11-9-18-16(17)19-14-5-7-15(20-2)8-6-14/h5-8H,3-4,9-13H2,1-2H3,(H3,17,18,19). The zero-order valence-corrected chi connectivity index (χ0v) is 13.5. The number of methoxy groups -OCH3 is 1. The number of benzene rings is 1. The lowest BCUT2D eigenvalue weighted by Gasteiger charge is -2.07. The molecular weight excluding hydrogens is 282 g/mol. The molecule has 0 saturated heterocycles. The van der Waals surface area contributed by atoms with Crippen molar-refractivity contribution in [3.05, 3.63) is 24.3 Å². The average Bonchev–Trinajstić information content (AvgIpc) is 2.54. The van der Waals surface area contributed by atoms with Crippen LogP contribution in [0.2, 0.25) is 0 Å². The van der Waals surface area contributed by atoms with Gasteiger partial charge in [-0.15, -0.1) is 0 Å². The number of hydrogen-bond acceptors (Lipinski definition) is 4. The Balaban J connectivity index is 2.09. The van der Waals surface area contributed by atoms with Crippen LogP contribution in [-0.2, 0) is 9.47 Å². The number of rotatable bonds is 11. The van der Waals surface area contributed by atoms with Gasteiger partial charge >= 0.3 is 0 Å². The van der Waals surface area contributed by atoms with Crippen molar-refractivity contribution in [1.29, 1.82) is 0 Å². The lowest BCUT2D eigenvalue weighted by Crippen LogP contribution is -2.23. The fourth-order valence-electron chi connectivity index (χ4n) is 1.66. The molecule has 0 radical (unpaired) electrons. The lowest BCUT2D eigenvalue weighted by atomic mass is 10.3. The highest BCUT2D eigenvalue weighted by Crippen LogP contribution is 2.14. The van der Waals surface area contributed by atoms with Gasteiger partial charge in [0.25, 0.3) is 0 Å². The Hall–Kier alpha value is -1.79. The largest absolute Gasteiger partial charge is 0.497 e. The van der Waals surface area contributed by atoms with E-state index in [2.05, 4.69) is 17.2 Å². The van der Waals surface area contributed by atoms with Crippen LogP contribution in [0.5, 0.6) is 5.75 Å². The maximum atomic E-state index is 5.80. The van der Waals surface area contributed by atoms with E-state index in [-0.39, 0.29) is 0 Å². The molecule has 0 bridgehead atoms. The number of aliphatic imine (C=N–C) groups is 1. The van der Waals surface area contributed by atoms with Crippen LogP contribution in [0.4, 0.5) is 5.69 Å². The molecule has 0 atom stereocenters. The Morgan fingerprint density at radius 2 is 1.77 bits per heavy atom. The molecule has 0 heterocycles. The van der Waals surface area contributed by atoms with Crippen LogP contribution in [0.25, 0.3) is 0 Å². The van der Waals surface area contributed by atoms with E-state index in [0.717, 1.165) is 30.9 Å². The summed E-state index contributed by atoms with van der Waals surface area (Å²) in [7, 11) is 1.63. The third-order valence-corrected chi connectivity index (χ3v) is 2.89. The Labute approximate surface area is 132 Å². The maximum absolute atomic E-state index is 5.80. The van der Waals surface area contributed by atoms with Gasteiger partial charge in [0, 0.05) is 12.3 Å². The first kappa shape index (κ1) is 18.3. The van der Waals surface area contributed by atoms with Gasteiger partial charge in [-0.2, -0.15) is 0 Å². The Bertz CT molecular complexity index is 421. The first-order valence-electron chi connectivity index (χ1n) is 7.62. The van der Waals surface area contributed by atoms with Crippen LogP contribution < -0.4 is 15.8 Å². The fraction of sp³-hybridized carbons (Fsp3) is 0.562. The van der Waals surface area contributed by atoms with Crippen molar-refractivity contribution in [3.8, 4) is 5.75 Å². The van der Waals surface area contributed by atoms with Gasteiger partial charge < -0.3 is 25.3 Å². The molecule has 1 aromatic carbocycles. The monoisotopic (exact) mass is 309 g/mol. The lowest BCUT2D eigenvalue weighted by molar-refractivity contribution is 0.0498. The zero-order chi connectivity index (χ0) is 16.0. The highest BCUT2D eigenvalue weighted by Gasteiger charge is 1.96. The van der Waals surface area contributed by atoms with Crippen LogP contribution in [0.1, 0.15) is 19.8 Å². The van der Waals surface area contributed by atoms with Crippen LogP contribution in [0, 0.1) is 0 Å². The minimum absolute atomic E-state index is 0.368. The molecule has 0 spiro atoms. The predicted octanol–water partition coefficient (Wildman–Crippen LogP) is 2.26. The molecule has 0 aliphatic rings. The van der Waals surface area contributed by atoms with E-state index < -0.39 is 0 Å². The van der Waals surface area contributed by atoms with Crippen molar-refractivity contribution < 1.29 is 14.2 Å². The molecule has 0 fully saturated rings. The van der Waals surface area contributed by atoms with Crippen LogP contribution >= 0.6 is 0 Å². The summed E-state index contributed by atoms with van der Waals surface area (Å²) in [6.45, 7) is 5.21. The summed E-state index contributed by atoms with van der Waals surface area (Å²) in [6.07, 6.45) is 2.24. The fourth-order valence-corrected chi connectivity index (χ4v) is 1.66. The normalized spacial score (nSPS) is 11.5. The molecule has 0 saturated carbocycles. The van der Waals surface area contributed by atoms with Crippen LogP contribution in [0.3, 0.4) is 0 Å². The van der Waals surface area contributed by atoms with E-state index >= 15 is 0 Å². The first-order chi connectivity index (χ1) is 10.8. The molecule has 6 nitrogen and oxygen atoms in total. The van der Waals surface area contributed by atoms with Crippen molar-refractivity contribution in [2.24, 2.45) is 10.7 Å². The summed E-state index contributed by atoms with van der Waals surface area (Å²) in [5.74, 6) is 1.17. The van der Waals surface area contributed by atoms with E-state index in [1.54, 1.807) is 7.11 Å². The first-order valence-corrected chi connectivity index (χ1v) is 7.62. The number of nitrogens with two attached hydrogens (primary N) is 1. The second-order valence-corrected chi connectivity index (χ2v) is 4.70. The van der Waals surface area contributed by atoms with Crippen LogP contribution in [0.15, 0.2) is 29.3 Å². The minimum atomic E-state index is 0.368. The van der Waals surface area contributed by atoms with Gasteiger partial charge in [-0.3, -0.25) is 4.99 Å². The number of nitrogens with one attached hydrogen (secondary N) is 1. The topological polar surface area (TPSA) is 78.1 Å². The Morgan fingerprint density at radius 1 is 1.09 bits per heavy atom. The van der Waals surface area contributed by atoms with Crippen molar-refractivity contribution in [1.82, 2.24) is 0 Å². The number of anilines is 1. The highest BCUT2D eigenvalue weighted by atomic mass is 16.5. The van der Waals surface area contributed by atoms with Crippen molar-refractivity contribution in [3.63, 3.8) is 0 Å². The molecule has 6 heteroatoms. The number of unbranched alkanes of at least 4 members (excludes halogenated alkanes) is 1. The third kappa shape index (κ3) is 8.49. The second kappa shape index (κ2) is 11.8. The van der Waals surface area contributed by atoms with Gasteiger partial charge in [0.15, 0.2) is 5.96 Å². The van der Waals surface area contributed by atoms with E-state index in [9.17, 15) is 0 Å². The summed E-state index contributed by atoms with van der Waals surface area (Å²) in [5, 5.41) is 3.01. The van der Waals surface area contributed by atoms with Gasteiger partial charge in [0.2, 0.25) is 0 Å². The Kier molecular flexibility index (Phi) is 9.81. The summed E-state index contributed by atoms with van der Waals surface area (Å²) in [5.41, 5.74) is 6.67. The Morgan fingerprint density at radius 3 is 2.41 bits per heavy atom. The van der Waals surface area contributed by atoms with Crippen molar-refractivity contribution >= 4 is 11.6 Å². The molecule has 0 aliphatic carbocycles. The van der Waals surface area contributed by atoms with Gasteiger partial charge in [-0.1, -0.05) is 13.3 Å². The number of nitrogens with zero attached hydrogens (tertiary/aromatic N) is 1. The quantitative estimate of drug-likeness (QED) is 0.372. The molecule has 3 N–H and O–H groups in total. The van der Waals surface area contributed by atoms with E-state index in [4.69, 9.17) is 19.9 Å². The van der Waals surface area contributed by atoms with E-state index in [1.165, 1.54) is 0 Å². The molecule has 22 heavy (non-hydrogen) atoms. The summed E-state index contributed by atoms with van der Waals surface area (Å²) in [4.78, 5) is 4.20. The summed E-state index contributed by atoms with van der Waals surface area (Å²) in [6, 6.07) is 7.48. The van der Waals surface area contributed by atoms with Gasteiger partial charge in [0.05, 0.1) is 33.5 Å². The average molecular weight is 309 g/mol. The smallest absolute Gasteiger partial charge is 0.193 e. The number of hydrogen-bond donors (Lipinski definition) is 2. The SMILES string of the molecule is CCCCOCCOCCN=C(N)Nc1ccc(OC)cc1. The molecule has 1 aromatic rings. The predicted molar refractivity (Wildman–Crippen MR) is 89.7 cm³/mol. The zero-order valence-electron chi connectivity index (χ0n) is 13.5.